The maximum absolute atomic E-state index is 5.75. The third kappa shape index (κ3) is 4.30. The summed E-state index contributed by atoms with van der Waals surface area (Å²) in [4.78, 5) is 0. The van der Waals surface area contributed by atoms with Gasteiger partial charge in [-0.1, -0.05) is 6.92 Å². The van der Waals surface area contributed by atoms with Crippen molar-refractivity contribution in [1.82, 2.24) is 5.43 Å². The zero-order chi connectivity index (χ0) is 17.8. The first-order valence-electron chi connectivity index (χ1n) is 8.02. The maximum atomic E-state index is 5.75. The van der Waals surface area contributed by atoms with Gasteiger partial charge in [0.25, 0.3) is 0 Å². The second kappa shape index (κ2) is 7.57. The van der Waals surface area contributed by atoms with E-state index in [9.17, 15) is 0 Å². The second-order valence-corrected chi connectivity index (χ2v) is 6.36. The van der Waals surface area contributed by atoms with Gasteiger partial charge in [-0.3, -0.25) is 5.43 Å². The lowest BCUT2D eigenvalue weighted by molar-refractivity contribution is 0.355. The first-order chi connectivity index (χ1) is 12.1. The van der Waals surface area contributed by atoms with Crippen LogP contribution in [0.2, 0.25) is 0 Å². The van der Waals surface area contributed by atoms with E-state index in [2.05, 4.69) is 22.8 Å². The van der Waals surface area contributed by atoms with Crippen molar-refractivity contribution in [2.75, 3.05) is 19.5 Å². The SMILES string of the molecule is COc1ccc(NC(=S)N/N=C\c2ccc([C@@H]3C[C@H]3C)o2)cc1OC. The molecule has 7 heteroatoms. The molecule has 2 aromatic rings. The number of furan rings is 1. The number of nitrogens with zero attached hydrogens (tertiary/aromatic N) is 1. The lowest BCUT2D eigenvalue weighted by Gasteiger charge is -2.11. The highest BCUT2D eigenvalue weighted by Gasteiger charge is 2.36. The van der Waals surface area contributed by atoms with Gasteiger partial charge in [0.15, 0.2) is 16.6 Å². The van der Waals surface area contributed by atoms with Crippen LogP contribution >= 0.6 is 12.2 Å². The van der Waals surface area contributed by atoms with Crippen LogP contribution in [0.25, 0.3) is 0 Å². The van der Waals surface area contributed by atoms with E-state index in [-0.39, 0.29) is 0 Å². The summed E-state index contributed by atoms with van der Waals surface area (Å²) < 4.78 is 16.2. The highest BCUT2D eigenvalue weighted by molar-refractivity contribution is 7.80. The predicted octanol–water partition coefficient (Wildman–Crippen LogP) is 3.74. The number of hydrogen-bond donors (Lipinski definition) is 2. The average Bonchev–Trinajstić information content (AvgIpc) is 3.15. The Balaban J connectivity index is 1.53. The molecule has 25 heavy (non-hydrogen) atoms. The Morgan fingerprint density at radius 3 is 2.68 bits per heavy atom. The van der Waals surface area contributed by atoms with Crippen LogP contribution in [-0.4, -0.2) is 25.5 Å². The molecule has 1 aromatic heterocycles. The Hall–Kier alpha value is -2.54. The number of methoxy groups -OCH3 is 2. The molecule has 1 heterocycles. The van der Waals surface area contributed by atoms with Crippen molar-refractivity contribution in [2.45, 2.75) is 19.3 Å². The van der Waals surface area contributed by atoms with Crippen LogP contribution in [-0.2, 0) is 0 Å². The van der Waals surface area contributed by atoms with E-state index in [1.54, 1.807) is 32.6 Å². The van der Waals surface area contributed by atoms with E-state index in [4.69, 9.17) is 26.1 Å². The van der Waals surface area contributed by atoms with Gasteiger partial charge in [0.1, 0.15) is 11.5 Å². The quantitative estimate of drug-likeness (QED) is 0.465. The minimum atomic E-state index is 0.367. The summed E-state index contributed by atoms with van der Waals surface area (Å²) in [6, 6.07) is 9.36. The lowest BCUT2D eigenvalue weighted by atomic mass is 10.3. The topological polar surface area (TPSA) is 68.0 Å². The zero-order valence-corrected chi connectivity index (χ0v) is 15.2. The molecule has 132 valence electrons. The lowest BCUT2D eigenvalue weighted by Crippen LogP contribution is -2.23. The predicted molar refractivity (Wildman–Crippen MR) is 102 cm³/mol. The van der Waals surface area contributed by atoms with E-state index in [1.165, 1.54) is 6.42 Å². The van der Waals surface area contributed by atoms with E-state index in [0.717, 1.165) is 11.4 Å². The van der Waals surface area contributed by atoms with Gasteiger partial charge in [-0.15, -0.1) is 0 Å². The van der Waals surface area contributed by atoms with Gasteiger partial charge in [-0.05, 0) is 48.8 Å². The Morgan fingerprint density at radius 1 is 1.24 bits per heavy atom. The molecule has 0 unspecified atom stereocenters. The number of rotatable bonds is 6. The maximum Gasteiger partial charge on any atom is 0.191 e. The summed E-state index contributed by atoms with van der Waals surface area (Å²) >= 11 is 5.23. The molecule has 0 bridgehead atoms. The van der Waals surface area contributed by atoms with Gasteiger partial charge >= 0.3 is 0 Å². The minimum Gasteiger partial charge on any atom is -0.493 e. The van der Waals surface area contributed by atoms with Crippen molar-refractivity contribution in [3.63, 3.8) is 0 Å². The summed E-state index contributed by atoms with van der Waals surface area (Å²) in [7, 11) is 3.18. The number of benzene rings is 1. The van der Waals surface area contributed by atoms with E-state index < -0.39 is 0 Å². The molecule has 0 spiro atoms. The Bertz CT molecular complexity index is 788. The highest BCUT2D eigenvalue weighted by Crippen LogP contribution is 2.47. The number of ether oxygens (including phenoxy) is 2. The molecule has 3 rings (SSSR count). The van der Waals surface area contributed by atoms with E-state index in [1.807, 2.05) is 18.2 Å². The molecular formula is C18H21N3O3S. The first-order valence-corrected chi connectivity index (χ1v) is 8.43. The van der Waals surface area contributed by atoms with Gasteiger partial charge in [0.05, 0.1) is 20.4 Å². The molecular weight excluding hydrogens is 338 g/mol. The third-order valence-electron chi connectivity index (χ3n) is 4.12. The second-order valence-electron chi connectivity index (χ2n) is 5.95. The van der Waals surface area contributed by atoms with Crippen molar-refractivity contribution < 1.29 is 13.9 Å². The van der Waals surface area contributed by atoms with Crippen molar-refractivity contribution in [3.05, 3.63) is 41.9 Å². The highest BCUT2D eigenvalue weighted by atomic mass is 32.1. The van der Waals surface area contributed by atoms with Crippen molar-refractivity contribution >= 4 is 29.2 Å². The monoisotopic (exact) mass is 359 g/mol. The number of anilines is 1. The normalized spacial score (nSPS) is 18.8. The van der Waals surface area contributed by atoms with Gasteiger partial charge in [0, 0.05) is 17.7 Å². The fraction of sp³-hybridized carbons (Fsp3) is 0.333. The van der Waals surface area contributed by atoms with Crippen LogP contribution < -0.4 is 20.2 Å². The summed E-state index contributed by atoms with van der Waals surface area (Å²) in [5, 5.41) is 7.50. The molecule has 1 aromatic carbocycles. The summed E-state index contributed by atoms with van der Waals surface area (Å²) in [5.41, 5.74) is 3.54. The van der Waals surface area contributed by atoms with Crippen LogP contribution in [0.3, 0.4) is 0 Å². The number of hydrogen-bond acceptors (Lipinski definition) is 5. The molecule has 1 saturated carbocycles. The summed E-state index contributed by atoms with van der Waals surface area (Å²) in [6.45, 7) is 2.22. The summed E-state index contributed by atoms with van der Waals surface area (Å²) in [5.74, 6) is 4.28. The number of thiocarbonyl (C=S) groups is 1. The van der Waals surface area contributed by atoms with Crippen LogP contribution in [0.1, 0.15) is 30.8 Å². The number of hydrazone groups is 1. The molecule has 0 saturated heterocycles. The molecule has 1 aliphatic rings. The van der Waals surface area contributed by atoms with Gasteiger partial charge in [-0.2, -0.15) is 5.10 Å². The van der Waals surface area contributed by atoms with Crippen LogP contribution in [0.5, 0.6) is 11.5 Å². The fourth-order valence-electron chi connectivity index (χ4n) is 2.58. The van der Waals surface area contributed by atoms with Gasteiger partial charge in [-0.25, -0.2) is 0 Å². The molecule has 2 atom stereocenters. The largest absolute Gasteiger partial charge is 0.493 e. The zero-order valence-electron chi connectivity index (χ0n) is 14.4. The van der Waals surface area contributed by atoms with Crippen LogP contribution in [0, 0.1) is 5.92 Å². The molecule has 1 fully saturated rings. The fourth-order valence-corrected chi connectivity index (χ4v) is 2.75. The molecule has 0 radical (unpaired) electrons. The molecule has 6 nitrogen and oxygen atoms in total. The summed E-state index contributed by atoms with van der Waals surface area (Å²) in [6.07, 6.45) is 2.81. The average molecular weight is 359 g/mol. The Kier molecular flexibility index (Phi) is 5.23. The van der Waals surface area contributed by atoms with E-state index >= 15 is 0 Å². The van der Waals surface area contributed by atoms with Gasteiger partial charge in [0.2, 0.25) is 0 Å². The molecule has 2 N–H and O–H groups in total. The minimum absolute atomic E-state index is 0.367. The van der Waals surface area contributed by atoms with Crippen molar-refractivity contribution in [2.24, 2.45) is 11.0 Å². The Morgan fingerprint density at radius 2 is 2.00 bits per heavy atom. The standard InChI is InChI=1S/C18H21N3O3S/c1-11-8-14(11)15-7-5-13(24-15)10-19-21-18(25)20-12-4-6-16(22-2)17(9-12)23-3/h4-7,9-11,14H,8H2,1-3H3,(H2,20,21,25)/b19-10-/t11-,14-/m1/s1. The first kappa shape index (κ1) is 17.3. The smallest absolute Gasteiger partial charge is 0.191 e. The van der Waals surface area contributed by atoms with Crippen LogP contribution in [0.15, 0.2) is 39.9 Å². The molecule has 1 aliphatic carbocycles. The third-order valence-corrected chi connectivity index (χ3v) is 4.32. The van der Waals surface area contributed by atoms with Crippen molar-refractivity contribution in [1.29, 1.82) is 0 Å². The molecule has 0 aliphatic heterocycles. The van der Waals surface area contributed by atoms with Gasteiger partial charge < -0.3 is 19.2 Å². The van der Waals surface area contributed by atoms with E-state index in [0.29, 0.717) is 34.2 Å². The molecule has 0 amide bonds. The van der Waals surface area contributed by atoms with Crippen molar-refractivity contribution in [3.8, 4) is 11.5 Å². The number of nitrogens with one attached hydrogen (secondary N) is 2. The Labute approximate surface area is 152 Å². The van der Waals surface area contributed by atoms with Crippen LogP contribution in [0.4, 0.5) is 5.69 Å².